The molecule has 0 unspecified atom stereocenters. The maximum absolute atomic E-state index is 12.5. The van der Waals surface area contributed by atoms with Crippen LogP contribution in [0.25, 0.3) is 5.52 Å². The minimum atomic E-state index is -4.43. The third-order valence-corrected chi connectivity index (χ3v) is 2.82. The van der Waals surface area contributed by atoms with Crippen LogP contribution < -0.4 is 0 Å². The molecule has 2 heterocycles. The fourth-order valence-electron chi connectivity index (χ4n) is 1.40. The predicted molar refractivity (Wildman–Crippen MR) is 52.6 cm³/mol. The van der Waals surface area contributed by atoms with Gasteiger partial charge in [-0.05, 0) is 34.5 Å². The van der Waals surface area contributed by atoms with Crippen molar-refractivity contribution in [3.63, 3.8) is 0 Å². The van der Waals surface area contributed by atoms with E-state index >= 15 is 0 Å². The highest BCUT2D eigenvalue weighted by atomic mass is 79.9. The van der Waals surface area contributed by atoms with Crippen molar-refractivity contribution in [3.05, 3.63) is 34.1 Å². The number of rotatable bonds is 0. The number of pyridine rings is 1. The quantitative estimate of drug-likeness (QED) is 0.722. The van der Waals surface area contributed by atoms with Crippen LogP contribution in [0.1, 0.15) is 11.3 Å². The minimum Gasteiger partial charge on any atom is -0.239 e. The van der Waals surface area contributed by atoms with Crippen LogP contribution >= 0.6 is 15.9 Å². The molecule has 0 aromatic carbocycles. The molecule has 0 aliphatic heterocycles. The minimum absolute atomic E-state index is 0.00639. The van der Waals surface area contributed by atoms with Gasteiger partial charge in [0.1, 0.15) is 0 Å². The summed E-state index contributed by atoms with van der Waals surface area (Å²) >= 11 is 2.94. The second kappa shape index (κ2) is 3.23. The first-order chi connectivity index (χ1) is 6.91. The van der Waals surface area contributed by atoms with E-state index in [1.807, 2.05) is 0 Å². The van der Waals surface area contributed by atoms with Crippen molar-refractivity contribution in [3.8, 4) is 0 Å². The van der Waals surface area contributed by atoms with Crippen molar-refractivity contribution in [1.29, 1.82) is 0 Å². The van der Waals surface area contributed by atoms with Crippen molar-refractivity contribution in [1.82, 2.24) is 9.61 Å². The monoisotopic (exact) mass is 278 g/mol. The highest BCUT2D eigenvalue weighted by Gasteiger charge is 2.37. The van der Waals surface area contributed by atoms with Gasteiger partial charge in [-0.1, -0.05) is 6.07 Å². The molecular formula is C9H6BrF3N2. The second-order valence-electron chi connectivity index (χ2n) is 3.14. The molecule has 0 aliphatic rings. The molecule has 0 N–H and O–H groups in total. The van der Waals surface area contributed by atoms with Crippen LogP contribution in [0, 0.1) is 6.92 Å². The Morgan fingerprint density at radius 1 is 1.40 bits per heavy atom. The zero-order chi connectivity index (χ0) is 11.2. The van der Waals surface area contributed by atoms with Gasteiger partial charge in [-0.3, -0.25) is 0 Å². The largest absolute Gasteiger partial charge is 0.436 e. The normalized spacial score (nSPS) is 12.3. The molecule has 0 aliphatic carbocycles. The van der Waals surface area contributed by atoms with Gasteiger partial charge in [0.2, 0.25) is 0 Å². The molecule has 80 valence electrons. The highest BCUT2D eigenvalue weighted by Crippen LogP contribution is 2.36. The molecule has 0 spiro atoms. The van der Waals surface area contributed by atoms with E-state index in [4.69, 9.17) is 0 Å². The van der Waals surface area contributed by atoms with E-state index < -0.39 is 11.9 Å². The van der Waals surface area contributed by atoms with Crippen LogP contribution in [-0.4, -0.2) is 9.61 Å². The predicted octanol–water partition coefficient (Wildman–Crippen LogP) is 3.42. The van der Waals surface area contributed by atoms with Crippen LogP contribution in [0.3, 0.4) is 0 Å². The lowest BCUT2D eigenvalue weighted by molar-refractivity contribution is -0.141. The van der Waals surface area contributed by atoms with Gasteiger partial charge in [-0.15, -0.1) is 0 Å². The number of aryl methyl sites for hydroxylation is 1. The molecule has 0 bridgehead atoms. The Morgan fingerprint density at radius 3 is 2.60 bits per heavy atom. The maximum Gasteiger partial charge on any atom is 0.436 e. The van der Waals surface area contributed by atoms with E-state index in [1.165, 1.54) is 10.7 Å². The third kappa shape index (κ3) is 1.62. The van der Waals surface area contributed by atoms with Gasteiger partial charge in [-0.2, -0.15) is 18.3 Å². The summed E-state index contributed by atoms with van der Waals surface area (Å²) in [7, 11) is 0. The lowest BCUT2D eigenvalue weighted by atomic mass is 10.2. The topological polar surface area (TPSA) is 17.3 Å². The molecule has 2 aromatic rings. The summed E-state index contributed by atoms with van der Waals surface area (Å²) in [6, 6.07) is 3.39. The van der Waals surface area contributed by atoms with Crippen LogP contribution in [0.5, 0.6) is 0 Å². The average molecular weight is 279 g/mol. The molecule has 2 aromatic heterocycles. The van der Waals surface area contributed by atoms with Crippen molar-refractivity contribution >= 4 is 21.4 Å². The van der Waals surface area contributed by atoms with Crippen molar-refractivity contribution in [2.24, 2.45) is 0 Å². The summed E-state index contributed by atoms with van der Waals surface area (Å²) in [5.74, 6) is 0. The van der Waals surface area contributed by atoms with Gasteiger partial charge in [-0.25, -0.2) is 4.52 Å². The Kier molecular flexibility index (Phi) is 2.26. The first-order valence-electron chi connectivity index (χ1n) is 4.12. The lowest BCUT2D eigenvalue weighted by Crippen LogP contribution is -2.06. The van der Waals surface area contributed by atoms with E-state index in [2.05, 4.69) is 21.0 Å². The van der Waals surface area contributed by atoms with Gasteiger partial charge in [0.05, 0.1) is 9.99 Å². The zero-order valence-electron chi connectivity index (χ0n) is 7.64. The molecule has 0 atom stereocenters. The number of alkyl halides is 3. The Balaban J connectivity index is 2.82. The molecule has 2 nitrogen and oxygen atoms in total. The van der Waals surface area contributed by atoms with Crippen molar-refractivity contribution < 1.29 is 13.2 Å². The first kappa shape index (κ1) is 10.5. The number of hydrogen-bond acceptors (Lipinski definition) is 1. The number of nitrogens with zero attached hydrogens (tertiary/aromatic N) is 2. The fraction of sp³-hybridized carbons (Fsp3) is 0.222. The Labute approximate surface area is 91.8 Å². The molecule has 0 radical (unpaired) electrons. The smallest absolute Gasteiger partial charge is 0.239 e. The summed E-state index contributed by atoms with van der Waals surface area (Å²) in [6.45, 7) is 1.74. The standard InChI is InChI=1S/C9H6BrF3N2/c1-5-3-2-4-15-7(5)6(10)8(14-15)9(11,12)13/h2-4H,1H3. The van der Waals surface area contributed by atoms with Crippen LogP contribution in [-0.2, 0) is 6.18 Å². The van der Waals surface area contributed by atoms with Crippen LogP contribution in [0.2, 0.25) is 0 Å². The lowest BCUT2D eigenvalue weighted by Gasteiger charge is -2.01. The number of aromatic nitrogens is 2. The number of halogens is 4. The van der Waals surface area contributed by atoms with Gasteiger partial charge in [0, 0.05) is 6.20 Å². The Bertz CT molecular complexity index is 516. The highest BCUT2D eigenvalue weighted by molar-refractivity contribution is 9.10. The van der Waals surface area contributed by atoms with Gasteiger partial charge < -0.3 is 0 Å². The van der Waals surface area contributed by atoms with Crippen molar-refractivity contribution in [2.75, 3.05) is 0 Å². The summed E-state index contributed by atoms with van der Waals surface area (Å²) in [5.41, 5.74) is 0.300. The number of fused-ring (bicyclic) bond motifs is 1. The van der Waals surface area contributed by atoms with E-state index in [1.54, 1.807) is 19.1 Å². The van der Waals surface area contributed by atoms with E-state index in [9.17, 15) is 13.2 Å². The Morgan fingerprint density at radius 2 is 2.07 bits per heavy atom. The fourth-order valence-corrected chi connectivity index (χ4v) is 2.20. The summed E-state index contributed by atoms with van der Waals surface area (Å²) in [5, 5.41) is 3.49. The second-order valence-corrected chi connectivity index (χ2v) is 3.94. The SMILES string of the molecule is Cc1cccn2nc(C(F)(F)F)c(Br)c12. The Hall–Kier alpha value is -1.04. The van der Waals surface area contributed by atoms with Crippen LogP contribution in [0.15, 0.2) is 22.8 Å². The molecule has 15 heavy (non-hydrogen) atoms. The zero-order valence-corrected chi connectivity index (χ0v) is 9.22. The molecule has 6 heteroatoms. The summed E-state index contributed by atoms with van der Waals surface area (Å²) in [6.07, 6.45) is -2.94. The molecule has 0 saturated heterocycles. The summed E-state index contributed by atoms with van der Waals surface area (Å²) < 4.78 is 38.8. The van der Waals surface area contributed by atoms with Crippen LogP contribution in [0.4, 0.5) is 13.2 Å². The van der Waals surface area contributed by atoms with E-state index in [-0.39, 0.29) is 4.47 Å². The summed E-state index contributed by atoms with van der Waals surface area (Å²) in [4.78, 5) is 0. The third-order valence-electron chi connectivity index (χ3n) is 2.07. The van der Waals surface area contributed by atoms with Gasteiger partial charge in [0.15, 0.2) is 5.69 Å². The molecule has 2 rings (SSSR count). The van der Waals surface area contributed by atoms with E-state index in [0.29, 0.717) is 5.52 Å². The van der Waals surface area contributed by atoms with Crippen molar-refractivity contribution in [2.45, 2.75) is 13.1 Å². The first-order valence-corrected chi connectivity index (χ1v) is 4.91. The molecular weight excluding hydrogens is 273 g/mol. The molecule has 0 saturated carbocycles. The molecule has 0 fully saturated rings. The molecule has 0 amide bonds. The maximum atomic E-state index is 12.5. The van der Waals surface area contributed by atoms with Gasteiger partial charge >= 0.3 is 6.18 Å². The number of hydrogen-bond donors (Lipinski definition) is 0. The average Bonchev–Trinajstić information content (AvgIpc) is 2.44. The van der Waals surface area contributed by atoms with Gasteiger partial charge in [0.25, 0.3) is 0 Å². The van der Waals surface area contributed by atoms with E-state index in [0.717, 1.165) is 5.56 Å².